The van der Waals surface area contributed by atoms with Crippen molar-refractivity contribution >= 4 is 11.6 Å². The second kappa shape index (κ2) is 7.40. The van der Waals surface area contributed by atoms with Crippen LogP contribution in [0.5, 0.6) is 0 Å². The van der Waals surface area contributed by atoms with Crippen LogP contribution in [0.25, 0.3) is 0 Å². The molecule has 0 spiro atoms. The average Bonchev–Trinajstić information content (AvgIpc) is 2.68. The Morgan fingerprint density at radius 1 is 1.23 bits per heavy atom. The van der Waals surface area contributed by atoms with Crippen LogP contribution in [0.15, 0.2) is 48.7 Å². The van der Waals surface area contributed by atoms with Crippen molar-refractivity contribution in [3.8, 4) is 0 Å². The maximum atomic E-state index is 14.8. The fourth-order valence-electron chi connectivity index (χ4n) is 3.45. The minimum absolute atomic E-state index is 0.258. The normalized spacial score (nSPS) is 17.8. The fourth-order valence-corrected chi connectivity index (χ4v) is 3.45. The molecule has 0 aliphatic carbocycles. The van der Waals surface area contributed by atoms with Gasteiger partial charge in [0, 0.05) is 38.1 Å². The molecular weight excluding hydrogens is 336 g/mol. The molecule has 2 heterocycles. The number of halogens is 2. The van der Waals surface area contributed by atoms with Crippen LogP contribution in [0.4, 0.5) is 14.5 Å². The van der Waals surface area contributed by atoms with Crippen LogP contribution in [-0.4, -0.2) is 42.0 Å². The lowest BCUT2D eigenvalue weighted by molar-refractivity contribution is -0.160. The third kappa shape index (κ3) is 3.54. The van der Waals surface area contributed by atoms with Crippen molar-refractivity contribution in [2.45, 2.75) is 31.7 Å². The number of benzene rings is 1. The topological polar surface area (TPSA) is 36.4 Å². The summed E-state index contributed by atoms with van der Waals surface area (Å²) in [6.07, 6.45) is 2.86. The molecule has 1 aliphatic rings. The van der Waals surface area contributed by atoms with Crippen LogP contribution in [0.3, 0.4) is 0 Å². The number of anilines is 1. The molecule has 4 nitrogen and oxygen atoms in total. The predicted molar refractivity (Wildman–Crippen MR) is 97.3 cm³/mol. The number of pyridine rings is 1. The van der Waals surface area contributed by atoms with E-state index in [9.17, 15) is 13.6 Å². The molecule has 0 bridgehead atoms. The molecule has 1 aliphatic heterocycles. The zero-order valence-corrected chi connectivity index (χ0v) is 15.0. The Labute approximate surface area is 152 Å². The number of para-hydroxylation sites is 1. The van der Waals surface area contributed by atoms with E-state index in [4.69, 9.17) is 0 Å². The molecule has 1 amide bonds. The first-order valence-electron chi connectivity index (χ1n) is 8.78. The molecule has 6 heteroatoms. The van der Waals surface area contributed by atoms with Gasteiger partial charge in [-0.15, -0.1) is 0 Å². The number of alkyl halides is 2. The Morgan fingerprint density at radius 2 is 1.96 bits per heavy atom. The highest BCUT2D eigenvalue weighted by Gasteiger charge is 2.47. The second-order valence-electron chi connectivity index (χ2n) is 6.74. The van der Waals surface area contributed by atoms with E-state index in [2.05, 4.69) is 9.88 Å². The summed E-state index contributed by atoms with van der Waals surface area (Å²) in [5, 5.41) is 0. The Bertz CT molecular complexity index is 767. The third-order valence-electron chi connectivity index (χ3n) is 4.96. The van der Waals surface area contributed by atoms with Crippen molar-refractivity contribution < 1.29 is 13.6 Å². The molecule has 0 saturated carbocycles. The minimum Gasteiger partial charge on any atom is -0.369 e. The lowest BCUT2D eigenvalue weighted by Crippen LogP contribution is -2.52. The van der Waals surface area contributed by atoms with E-state index >= 15 is 0 Å². The molecule has 138 valence electrons. The number of carbonyl (C=O) groups is 1. The molecule has 1 aromatic heterocycles. The second-order valence-corrected chi connectivity index (χ2v) is 6.74. The van der Waals surface area contributed by atoms with E-state index in [1.54, 1.807) is 19.1 Å². The first-order chi connectivity index (χ1) is 12.4. The smallest absolute Gasteiger partial charge is 0.366 e. The summed E-state index contributed by atoms with van der Waals surface area (Å²) in [6.45, 7) is 2.95. The standard InChI is InChI=1S/C20H23F2N3O/c1-15-8-6-12-23-18(15)20(21,22)19(26)24(2)17-11-7-13-25(14-17)16-9-4-3-5-10-16/h3-6,8-10,12,17H,7,11,13-14H2,1-2H3. The molecule has 1 fully saturated rings. The number of rotatable bonds is 4. The minimum atomic E-state index is -3.63. The Morgan fingerprint density at radius 3 is 2.65 bits per heavy atom. The largest absolute Gasteiger partial charge is 0.369 e. The number of hydrogen-bond acceptors (Lipinski definition) is 3. The van der Waals surface area contributed by atoms with E-state index in [-0.39, 0.29) is 6.04 Å². The lowest BCUT2D eigenvalue weighted by Gasteiger charge is -2.39. The number of carbonyl (C=O) groups excluding carboxylic acids is 1. The first-order valence-corrected chi connectivity index (χ1v) is 8.78. The third-order valence-corrected chi connectivity index (χ3v) is 4.96. The first kappa shape index (κ1) is 18.3. The van der Waals surface area contributed by atoms with Gasteiger partial charge in [-0.1, -0.05) is 24.3 Å². The van der Waals surface area contributed by atoms with Crippen molar-refractivity contribution in [3.63, 3.8) is 0 Å². The van der Waals surface area contributed by atoms with Crippen molar-refractivity contribution in [2.24, 2.45) is 0 Å². The fraction of sp³-hybridized carbons (Fsp3) is 0.400. The molecule has 1 aromatic carbocycles. The van der Waals surface area contributed by atoms with E-state index in [1.165, 1.54) is 18.1 Å². The van der Waals surface area contributed by atoms with Crippen LogP contribution in [0, 0.1) is 6.92 Å². The molecule has 2 aromatic rings. The van der Waals surface area contributed by atoms with Crippen molar-refractivity contribution in [2.75, 3.05) is 25.0 Å². The zero-order valence-electron chi connectivity index (χ0n) is 15.0. The van der Waals surface area contributed by atoms with Gasteiger partial charge >= 0.3 is 5.92 Å². The Kier molecular flexibility index (Phi) is 5.20. The number of piperidine rings is 1. The summed E-state index contributed by atoms with van der Waals surface area (Å²) in [4.78, 5) is 19.7. The molecule has 3 rings (SSSR count). The van der Waals surface area contributed by atoms with Gasteiger partial charge in [0.25, 0.3) is 5.91 Å². The zero-order chi connectivity index (χ0) is 18.7. The molecule has 1 unspecified atom stereocenters. The van der Waals surface area contributed by atoms with Crippen molar-refractivity contribution in [1.29, 1.82) is 0 Å². The van der Waals surface area contributed by atoms with Gasteiger partial charge in [-0.25, -0.2) is 0 Å². The van der Waals surface area contributed by atoms with Gasteiger partial charge in [0.05, 0.1) is 0 Å². The van der Waals surface area contributed by atoms with Crippen LogP contribution in [0.2, 0.25) is 0 Å². The molecule has 26 heavy (non-hydrogen) atoms. The van der Waals surface area contributed by atoms with E-state index < -0.39 is 17.5 Å². The Hall–Kier alpha value is -2.50. The molecule has 1 saturated heterocycles. The van der Waals surface area contributed by atoms with Gasteiger partial charge in [-0.3, -0.25) is 9.78 Å². The maximum Gasteiger partial charge on any atom is 0.366 e. The summed E-state index contributed by atoms with van der Waals surface area (Å²) in [7, 11) is 1.47. The molecule has 0 radical (unpaired) electrons. The van der Waals surface area contributed by atoms with Gasteiger partial charge in [0.1, 0.15) is 5.69 Å². The van der Waals surface area contributed by atoms with Crippen LogP contribution in [-0.2, 0) is 10.7 Å². The summed E-state index contributed by atoms with van der Waals surface area (Å²) in [5.74, 6) is -4.83. The predicted octanol–water partition coefficient (Wildman–Crippen LogP) is 3.61. The van der Waals surface area contributed by atoms with Crippen LogP contribution < -0.4 is 4.90 Å². The summed E-state index contributed by atoms with van der Waals surface area (Å²) < 4.78 is 29.5. The number of amides is 1. The molecular formula is C20H23F2N3O. The molecule has 0 N–H and O–H groups in total. The highest BCUT2D eigenvalue weighted by Crippen LogP contribution is 2.32. The van der Waals surface area contributed by atoms with Crippen LogP contribution >= 0.6 is 0 Å². The van der Waals surface area contributed by atoms with Gasteiger partial charge in [-0.05, 0) is 43.5 Å². The monoisotopic (exact) mass is 359 g/mol. The van der Waals surface area contributed by atoms with Gasteiger partial charge in [-0.2, -0.15) is 8.78 Å². The number of aromatic nitrogens is 1. The SMILES string of the molecule is Cc1cccnc1C(F)(F)C(=O)N(C)C1CCCN(c2ccccc2)C1. The van der Waals surface area contributed by atoms with E-state index in [1.807, 2.05) is 30.3 Å². The van der Waals surface area contributed by atoms with Crippen molar-refractivity contribution in [3.05, 3.63) is 59.9 Å². The Balaban J connectivity index is 1.76. The number of likely N-dealkylation sites (N-methyl/N-ethyl adjacent to an activating group) is 1. The number of nitrogens with zero attached hydrogens (tertiary/aromatic N) is 3. The lowest BCUT2D eigenvalue weighted by atomic mass is 10.0. The van der Waals surface area contributed by atoms with Crippen molar-refractivity contribution in [1.82, 2.24) is 9.88 Å². The highest BCUT2D eigenvalue weighted by molar-refractivity contribution is 5.84. The molecule has 1 atom stereocenters. The number of hydrogen-bond donors (Lipinski definition) is 0. The number of aryl methyl sites for hydroxylation is 1. The summed E-state index contributed by atoms with van der Waals surface area (Å²) >= 11 is 0. The van der Waals surface area contributed by atoms with Gasteiger partial charge in [0.15, 0.2) is 0 Å². The van der Waals surface area contributed by atoms with Crippen LogP contribution in [0.1, 0.15) is 24.1 Å². The average molecular weight is 359 g/mol. The summed E-state index contributed by atoms with van der Waals surface area (Å²) in [5.41, 5.74) is 0.895. The maximum absolute atomic E-state index is 14.8. The van der Waals surface area contributed by atoms with E-state index in [0.717, 1.165) is 18.7 Å². The quantitative estimate of drug-likeness (QED) is 0.837. The van der Waals surface area contributed by atoms with Gasteiger partial charge < -0.3 is 9.80 Å². The highest BCUT2D eigenvalue weighted by atomic mass is 19.3. The van der Waals surface area contributed by atoms with E-state index in [0.29, 0.717) is 18.5 Å². The van der Waals surface area contributed by atoms with Gasteiger partial charge in [0.2, 0.25) is 0 Å². The summed E-state index contributed by atoms with van der Waals surface area (Å²) in [6, 6.07) is 12.7.